The van der Waals surface area contributed by atoms with Crippen LogP contribution in [0.5, 0.6) is 0 Å². The molecule has 2 unspecified atom stereocenters. The number of hydrogen-bond donors (Lipinski definition) is 3. The minimum atomic E-state index is -1.37. The number of nitrogens with one attached hydrogen (secondary N) is 2. The maximum atomic E-state index is 13.2. The third-order valence-corrected chi connectivity index (χ3v) is 4.84. The van der Waals surface area contributed by atoms with Crippen molar-refractivity contribution >= 4 is 17.9 Å². The zero-order chi connectivity index (χ0) is 25.0. The molecule has 0 fully saturated rings. The van der Waals surface area contributed by atoms with E-state index in [1.807, 2.05) is 19.1 Å². The molecule has 0 aromatic heterocycles. The number of aliphatic hydroxyl groups is 1. The molecule has 8 heteroatoms. The zero-order valence-electron chi connectivity index (χ0n) is 20.3. The number of unbranched alkanes of at least 4 members (excludes halogenated alkanes) is 2. The van der Waals surface area contributed by atoms with Crippen LogP contribution in [0.3, 0.4) is 0 Å². The molecule has 182 valence electrons. The van der Waals surface area contributed by atoms with Gasteiger partial charge in [-0.05, 0) is 44.7 Å². The molecule has 0 aliphatic carbocycles. The average Bonchev–Trinajstić information content (AvgIpc) is 2.77. The van der Waals surface area contributed by atoms with Crippen molar-refractivity contribution in [3.8, 4) is 12.5 Å². The zero-order valence-corrected chi connectivity index (χ0v) is 20.3. The summed E-state index contributed by atoms with van der Waals surface area (Å²) >= 11 is 0. The van der Waals surface area contributed by atoms with E-state index in [0.717, 1.165) is 36.1 Å². The van der Waals surface area contributed by atoms with Crippen molar-refractivity contribution in [2.75, 3.05) is 13.2 Å². The smallest absolute Gasteiger partial charge is 0.408 e. The first-order chi connectivity index (χ1) is 15.6. The van der Waals surface area contributed by atoms with Crippen LogP contribution in [0, 0.1) is 12.5 Å². The van der Waals surface area contributed by atoms with Gasteiger partial charge in [-0.1, -0.05) is 57.4 Å². The van der Waals surface area contributed by atoms with E-state index in [1.165, 1.54) is 0 Å². The second-order valence-electron chi connectivity index (χ2n) is 8.71. The van der Waals surface area contributed by atoms with Gasteiger partial charge in [0.1, 0.15) is 17.7 Å². The van der Waals surface area contributed by atoms with Crippen molar-refractivity contribution in [2.24, 2.45) is 0 Å². The molecule has 0 radical (unpaired) electrons. The van der Waals surface area contributed by atoms with Gasteiger partial charge in [0.15, 0.2) is 0 Å². The van der Waals surface area contributed by atoms with Gasteiger partial charge in [-0.25, -0.2) is 4.79 Å². The highest BCUT2D eigenvalue weighted by Crippen LogP contribution is 2.23. The van der Waals surface area contributed by atoms with Crippen LogP contribution >= 0.6 is 0 Å². The Morgan fingerprint density at radius 3 is 2.27 bits per heavy atom. The fraction of sp³-hybridized carbons (Fsp3) is 0.560. The molecule has 33 heavy (non-hydrogen) atoms. The van der Waals surface area contributed by atoms with E-state index < -0.39 is 42.2 Å². The number of rotatable bonds is 11. The number of ether oxygens (including phenoxy) is 1. The number of amides is 3. The Balaban J connectivity index is 3.19. The van der Waals surface area contributed by atoms with Gasteiger partial charge in [-0.3, -0.25) is 14.5 Å². The first kappa shape index (κ1) is 28.0. The van der Waals surface area contributed by atoms with Crippen molar-refractivity contribution in [1.29, 1.82) is 0 Å². The van der Waals surface area contributed by atoms with Crippen molar-refractivity contribution in [3.05, 3.63) is 35.4 Å². The summed E-state index contributed by atoms with van der Waals surface area (Å²) in [6, 6.07) is 7.02. The molecule has 8 nitrogen and oxygen atoms in total. The summed E-state index contributed by atoms with van der Waals surface area (Å²) in [5.74, 6) is -1.23. The summed E-state index contributed by atoms with van der Waals surface area (Å²) in [4.78, 5) is 39.4. The largest absolute Gasteiger partial charge is 0.444 e. The summed E-state index contributed by atoms with van der Waals surface area (Å²) in [5.41, 5.74) is 0.806. The SMILES string of the molecule is C#CN(C(=O)C(CO)NC(=O)OC(C)(C)C)C(C(=O)NCCCCC)c1ccc(CC)cc1. The van der Waals surface area contributed by atoms with Gasteiger partial charge >= 0.3 is 6.09 Å². The van der Waals surface area contributed by atoms with Gasteiger partial charge in [0.2, 0.25) is 5.91 Å². The molecule has 0 saturated carbocycles. The lowest BCUT2D eigenvalue weighted by atomic mass is 10.0. The van der Waals surface area contributed by atoms with Gasteiger partial charge in [0.05, 0.1) is 6.61 Å². The summed E-state index contributed by atoms with van der Waals surface area (Å²) < 4.78 is 5.16. The molecule has 1 aromatic carbocycles. The van der Waals surface area contributed by atoms with E-state index in [-0.39, 0.29) is 0 Å². The number of aliphatic hydroxyl groups excluding tert-OH is 1. The van der Waals surface area contributed by atoms with Crippen LogP contribution in [-0.2, 0) is 20.7 Å². The molecule has 3 N–H and O–H groups in total. The van der Waals surface area contributed by atoms with Crippen LogP contribution in [0.2, 0.25) is 0 Å². The van der Waals surface area contributed by atoms with Crippen LogP contribution in [0.1, 0.15) is 71.0 Å². The highest BCUT2D eigenvalue weighted by Gasteiger charge is 2.35. The molecule has 2 atom stereocenters. The summed E-state index contributed by atoms with van der Waals surface area (Å²) in [5, 5.41) is 14.9. The van der Waals surface area contributed by atoms with E-state index in [4.69, 9.17) is 11.2 Å². The van der Waals surface area contributed by atoms with E-state index in [2.05, 4.69) is 23.6 Å². The van der Waals surface area contributed by atoms with Gasteiger partial charge in [-0.2, -0.15) is 0 Å². The minimum absolute atomic E-state index is 0.435. The van der Waals surface area contributed by atoms with E-state index in [9.17, 15) is 19.5 Å². The number of hydrogen-bond acceptors (Lipinski definition) is 5. The number of alkyl carbamates (subject to hydrolysis) is 1. The topological polar surface area (TPSA) is 108 Å². The Hall–Kier alpha value is -3.05. The molecular formula is C25H37N3O5. The van der Waals surface area contributed by atoms with Gasteiger partial charge < -0.3 is 20.5 Å². The van der Waals surface area contributed by atoms with Crippen molar-refractivity contribution in [1.82, 2.24) is 15.5 Å². The minimum Gasteiger partial charge on any atom is -0.444 e. The highest BCUT2D eigenvalue weighted by atomic mass is 16.6. The quantitative estimate of drug-likeness (QED) is 0.268. The maximum absolute atomic E-state index is 13.2. The van der Waals surface area contributed by atoms with E-state index in [0.29, 0.717) is 12.1 Å². The Morgan fingerprint density at radius 2 is 1.79 bits per heavy atom. The lowest BCUT2D eigenvalue weighted by molar-refractivity contribution is -0.139. The second-order valence-corrected chi connectivity index (χ2v) is 8.71. The van der Waals surface area contributed by atoms with Crippen LogP contribution in [0.4, 0.5) is 4.79 Å². The molecule has 0 spiro atoms. The van der Waals surface area contributed by atoms with Gasteiger partial charge in [-0.15, -0.1) is 0 Å². The van der Waals surface area contributed by atoms with Crippen LogP contribution in [0.15, 0.2) is 24.3 Å². The lowest BCUT2D eigenvalue weighted by Crippen LogP contribution is -2.53. The van der Waals surface area contributed by atoms with Crippen molar-refractivity contribution in [3.63, 3.8) is 0 Å². The Labute approximate surface area is 197 Å². The van der Waals surface area contributed by atoms with E-state index >= 15 is 0 Å². The number of carbonyl (C=O) groups excluding carboxylic acids is 3. The molecule has 0 bridgehead atoms. The predicted octanol–water partition coefficient (Wildman–Crippen LogP) is 2.90. The number of aryl methyl sites for hydroxylation is 1. The second kappa shape index (κ2) is 13.5. The van der Waals surface area contributed by atoms with Crippen LogP contribution in [-0.4, -0.2) is 52.7 Å². The molecule has 1 aromatic rings. The average molecular weight is 460 g/mol. The molecule has 0 aliphatic heterocycles. The van der Waals surface area contributed by atoms with E-state index in [1.54, 1.807) is 32.9 Å². The summed E-state index contributed by atoms with van der Waals surface area (Å²) in [6.45, 7) is 8.83. The third-order valence-electron chi connectivity index (χ3n) is 4.84. The number of benzene rings is 1. The molecular weight excluding hydrogens is 422 g/mol. The Bertz CT molecular complexity index is 824. The molecule has 3 amide bonds. The Morgan fingerprint density at radius 1 is 1.15 bits per heavy atom. The number of nitrogens with zero attached hydrogens (tertiary/aromatic N) is 1. The molecule has 0 heterocycles. The fourth-order valence-electron chi connectivity index (χ4n) is 3.11. The van der Waals surface area contributed by atoms with Gasteiger partial charge in [0, 0.05) is 12.6 Å². The van der Waals surface area contributed by atoms with Crippen LogP contribution < -0.4 is 10.6 Å². The predicted molar refractivity (Wildman–Crippen MR) is 127 cm³/mol. The number of terminal acetylenes is 1. The Kier molecular flexibility index (Phi) is 11.4. The van der Waals surface area contributed by atoms with Crippen molar-refractivity contribution < 1.29 is 24.2 Å². The molecule has 1 rings (SSSR count). The summed E-state index contributed by atoms with van der Waals surface area (Å²) in [7, 11) is 0. The highest BCUT2D eigenvalue weighted by molar-refractivity contribution is 5.93. The standard InChI is InChI=1S/C25H37N3O5/c1-7-10-11-16-26-22(30)21(19-14-12-18(8-2)13-15-19)28(9-3)23(31)20(17-29)27-24(32)33-25(4,5)6/h3,12-15,20-21,29H,7-8,10-11,16-17H2,1-2,4-6H3,(H,26,30)(H,27,32). The first-order valence-electron chi connectivity index (χ1n) is 11.3. The van der Waals surface area contributed by atoms with Crippen molar-refractivity contribution in [2.45, 2.75) is 78.0 Å². The number of carbonyl (C=O) groups is 3. The fourth-order valence-corrected chi connectivity index (χ4v) is 3.11. The third kappa shape index (κ3) is 9.15. The normalized spacial score (nSPS) is 12.8. The lowest BCUT2D eigenvalue weighted by Gasteiger charge is -2.30. The van der Waals surface area contributed by atoms with Crippen LogP contribution in [0.25, 0.3) is 0 Å². The monoisotopic (exact) mass is 459 g/mol. The summed E-state index contributed by atoms with van der Waals surface area (Å²) in [6.07, 6.45) is 8.36. The molecule has 0 saturated heterocycles. The molecule has 0 aliphatic rings. The van der Waals surface area contributed by atoms with Gasteiger partial charge in [0.25, 0.3) is 5.91 Å². The maximum Gasteiger partial charge on any atom is 0.408 e. The first-order valence-corrected chi connectivity index (χ1v) is 11.3.